The highest BCUT2D eigenvalue weighted by Crippen LogP contribution is 2.39. The average Bonchev–Trinajstić information content (AvgIpc) is 3.30. The summed E-state index contributed by atoms with van der Waals surface area (Å²) >= 11 is 4.47. The van der Waals surface area contributed by atoms with Crippen molar-refractivity contribution in [1.82, 2.24) is 9.97 Å². The molecule has 8 nitrogen and oxygen atoms in total. The Kier molecular flexibility index (Phi) is 5.64. The Morgan fingerprint density at radius 2 is 1.57 bits per heavy atom. The average molecular weight is 634 g/mol. The largest absolute Gasteiger partial charge is 0.486 e. The van der Waals surface area contributed by atoms with Crippen molar-refractivity contribution in [2.75, 3.05) is 36.1 Å². The van der Waals surface area contributed by atoms with Crippen LogP contribution in [0.2, 0.25) is 0 Å². The van der Waals surface area contributed by atoms with Gasteiger partial charge in [0, 0.05) is 25.4 Å². The van der Waals surface area contributed by atoms with Gasteiger partial charge in [0.25, 0.3) is 0 Å². The molecular formula is C20H20I2N4O4. The van der Waals surface area contributed by atoms with Gasteiger partial charge in [-0.3, -0.25) is 4.79 Å². The number of aliphatic hydroxyl groups is 1. The van der Waals surface area contributed by atoms with Gasteiger partial charge in [0.2, 0.25) is 0 Å². The van der Waals surface area contributed by atoms with E-state index in [0.29, 0.717) is 32.7 Å². The molecule has 0 saturated carbocycles. The van der Waals surface area contributed by atoms with Crippen molar-refractivity contribution in [3.05, 3.63) is 31.7 Å². The molecule has 0 radical (unpaired) electrons. The maximum absolute atomic E-state index is 11.4. The lowest BCUT2D eigenvalue weighted by molar-refractivity contribution is -0.116. The SMILES string of the molecule is O=C1C[C@H]2COc3c(I)ccnc3N2C1.OC1C[C@H]2COc3c(I)ccnc3N2C1. The standard InChI is InChI=1S/C10H11IN2O2.C10H9IN2O2/c2*11-8-1-2-12-10-9(8)15-5-6-3-7(14)4-13(6)10/h1-2,6-7,14H,3-5H2;1-2,6H,3-5H2/t6-,7?;6-/m00/s1. The molecule has 6 rings (SSSR count). The van der Waals surface area contributed by atoms with E-state index in [1.807, 2.05) is 12.1 Å². The number of fused-ring (bicyclic) bond motifs is 6. The third-order valence-corrected chi connectivity index (χ3v) is 7.40. The number of nitrogens with zero attached hydrogens (tertiary/aromatic N) is 4. The number of Topliss-reactive ketones (excluding diaryl/α,β-unsaturated/α-hetero) is 1. The van der Waals surface area contributed by atoms with Crippen LogP contribution in [0.1, 0.15) is 12.8 Å². The second-order valence-corrected chi connectivity index (χ2v) is 10.1. The summed E-state index contributed by atoms with van der Waals surface area (Å²) in [5.74, 6) is 3.67. The summed E-state index contributed by atoms with van der Waals surface area (Å²) in [4.78, 5) is 24.2. The fourth-order valence-electron chi connectivity index (χ4n) is 4.33. The van der Waals surface area contributed by atoms with Crippen LogP contribution in [-0.2, 0) is 4.79 Å². The van der Waals surface area contributed by atoms with Crippen LogP contribution in [0.15, 0.2) is 24.5 Å². The maximum atomic E-state index is 11.4. The number of aromatic nitrogens is 2. The summed E-state index contributed by atoms with van der Waals surface area (Å²) in [5.41, 5.74) is 0. The molecular weight excluding hydrogens is 614 g/mol. The fraction of sp³-hybridized carbons (Fsp3) is 0.450. The van der Waals surface area contributed by atoms with Crippen LogP contribution in [0.3, 0.4) is 0 Å². The van der Waals surface area contributed by atoms with E-state index in [-0.39, 0.29) is 24.0 Å². The van der Waals surface area contributed by atoms with Gasteiger partial charge in [-0.2, -0.15) is 0 Å². The molecule has 0 aromatic carbocycles. The number of ketones is 1. The second kappa shape index (κ2) is 8.26. The highest BCUT2D eigenvalue weighted by Gasteiger charge is 2.38. The van der Waals surface area contributed by atoms with E-state index in [2.05, 4.69) is 64.9 Å². The third-order valence-electron chi connectivity index (χ3n) is 5.70. The zero-order chi connectivity index (χ0) is 20.8. The summed E-state index contributed by atoms with van der Waals surface area (Å²) in [7, 11) is 0. The number of aliphatic hydroxyl groups excluding tert-OH is 1. The topological polar surface area (TPSA) is 88.0 Å². The third kappa shape index (κ3) is 3.70. The van der Waals surface area contributed by atoms with E-state index >= 15 is 0 Å². The molecule has 1 unspecified atom stereocenters. The van der Waals surface area contributed by atoms with Crippen molar-refractivity contribution in [2.24, 2.45) is 0 Å². The Morgan fingerprint density at radius 1 is 0.967 bits per heavy atom. The molecule has 2 fully saturated rings. The van der Waals surface area contributed by atoms with Crippen molar-refractivity contribution >= 4 is 62.6 Å². The molecule has 2 aromatic heterocycles. The number of hydrogen-bond acceptors (Lipinski definition) is 8. The zero-order valence-electron chi connectivity index (χ0n) is 16.0. The molecule has 0 bridgehead atoms. The summed E-state index contributed by atoms with van der Waals surface area (Å²) in [6.07, 6.45) is 4.68. The van der Waals surface area contributed by atoms with Crippen LogP contribution in [0.25, 0.3) is 0 Å². The van der Waals surface area contributed by atoms with Crippen LogP contribution in [0.5, 0.6) is 11.5 Å². The molecule has 6 heterocycles. The van der Waals surface area contributed by atoms with Gasteiger partial charge in [-0.15, -0.1) is 0 Å². The van der Waals surface area contributed by atoms with E-state index in [4.69, 9.17) is 9.47 Å². The maximum Gasteiger partial charge on any atom is 0.175 e. The van der Waals surface area contributed by atoms with Crippen molar-refractivity contribution in [2.45, 2.75) is 31.0 Å². The van der Waals surface area contributed by atoms with Gasteiger partial charge in [-0.1, -0.05) is 0 Å². The molecule has 0 aliphatic carbocycles. The highest BCUT2D eigenvalue weighted by atomic mass is 127. The smallest absolute Gasteiger partial charge is 0.175 e. The fourth-order valence-corrected chi connectivity index (χ4v) is 5.44. The number of anilines is 2. The summed E-state index contributed by atoms with van der Waals surface area (Å²) in [6.45, 7) is 2.41. The van der Waals surface area contributed by atoms with Crippen LogP contribution < -0.4 is 19.3 Å². The number of pyridine rings is 2. The Bertz CT molecular complexity index is 991. The molecule has 2 saturated heterocycles. The highest BCUT2D eigenvalue weighted by molar-refractivity contribution is 14.1. The summed E-state index contributed by atoms with van der Waals surface area (Å²) < 4.78 is 13.5. The number of hydrogen-bond donors (Lipinski definition) is 1. The molecule has 10 heteroatoms. The number of halogens is 2. The van der Waals surface area contributed by atoms with Crippen molar-refractivity contribution in [3.8, 4) is 11.5 Å². The van der Waals surface area contributed by atoms with Gasteiger partial charge in [0.15, 0.2) is 28.9 Å². The minimum Gasteiger partial charge on any atom is -0.486 e. The lowest BCUT2D eigenvalue weighted by Gasteiger charge is -2.32. The van der Waals surface area contributed by atoms with Gasteiger partial charge < -0.3 is 24.4 Å². The molecule has 0 amide bonds. The number of ether oxygens (including phenoxy) is 2. The first-order chi connectivity index (χ1) is 14.5. The first-order valence-electron chi connectivity index (χ1n) is 9.79. The first-order valence-corrected chi connectivity index (χ1v) is 11.9. The molecule has 4 aliphatic rings. The minimum atomic E-state index is -0.246. The van der Waals surface area contributed by atoms with Crippen LogP contribution in [0, 0.1) is 7.14 Å². The Morgan fingerprint density at radius 3 is 2.23 bits per heavy atom. The van der Waals surface area contributed by atoms with Gasteiger partial charge >= 0.3 is 0 Å². The van der Waals surface area contributed by atoms with Crippen molar-refractivity contribution < 1.29 is 19.4 Å². The summed E-state index contributed by atoms with van der Waals surface area (Å²) in [5, 5.41) is 9.63. The molecule has 1 N–H and O–H groups in total. The quantitative estimate of drug-likeness (QED) is 0.442. The van der Waals surface area contributed by atoms with Gasteiger partial charge in [-0.05, 0) is 63.7 Å². The summed E-state index contributed by atoms with van der Waals surface area (Å²) in [6, 6.07) is 4.33. The zero-order valence-corrected chi connectivity index (χ0v) is 20.3. The van der Waals surface area contributed by atoms with Crippen molar-refractivity contribution in [3.63, 3.8) is 0 Å². The van der Waals surface area contributed by atoms with E-state index < -0.39 is 0 Å². The number of carbonyl (C=O) groups excluding carboxylic acids is 1. The van der Waals surface area contributed by atoms with E-state index in [1.54, 1.807) is 12.4 Å². The van der Waals surface area contributed by atoms with E-state index in [1.165, 1.54) is 0 Å². The Hall–Kier alpha value is -1.41. The Labute approximate surface area is 201 Å². The van der Waals surface area contributed by atoms with Crippen LogP contribution >= 0.6 is 45.2 Å². The number of rotatable bonds is 0. The molecule has 4 aliphatic heterocycles. The predicted octanol–water partition coefficient (Wildman–Crippen LogP) is 2.24. The lowest BCUT2D eigenvalue weighted by atomic mass is 10.2. The van der Waals surface area contributed by atoms with E-state index in [0.717, 1.165) is 36.7 Å². The molecule has 3 atom stereocenters. The Balaban J connectivity index is 0.000000128. The predicted molar refractivity (Wildman–Crippen MR) is 127 cm³/mol. The number of carbonyl (C=O) groups is 1. The lowest BCUT2D eigenvalue weighted by Crippen LogP contribution is -2.39. The van der Waals surface area contributed by atoms with Gasteiger partial charge in [0.1, 0.15) is 13.2 Å². The molecule has 2 aromatic rings. The van der Waals surface area contributed by atoms with Gasteiger partial charge in [-0.25, -0.2) is 9.97 Å². The normalized spacial score (nSPS) is 25.8. The minimum absolute atomic E-state index is 0.190. The first kappa shape index (κ1) is 20.5. The molecule has 30 heavy (non-hydrogen) atoms. The molecule has 0 spiro atoms. The van der Waals surface area contributed by atoms with E-state index in [9.17, 15) is 9.90 Å². The van der Waals surface area contributed by atoms with Crippen molar-refractivity contribution in [1.29, 1.82) is 0 Å². The monoisotopic (exact) mass is 634 g/mol. The van der Waals surface area contributed by atoms with Crippen LogP contribution in [-0.4, -0.2) is 65.3 Å². The van der Waals surface area contributed by atoms with Crippen LogP contribution in [0.4, 0.5) is 11.6 Å². The van der Waals surface area contributed by atoms with Gasteiger partial charge in [0.05, 0.1) is 31.9 Å². The molecule has 158 valence electrons. The second-order valence-electron chi connectivity index (χ2n) is 7.73.